The number of carbonyl (C=O) groups is 2. The normalized spacial score (nSPS) is 15.9. The van der Waals surface area contributed by atoms with E-state index in [2.05, 4.69) is 32.6 Å². The Morgan fingerprint density at radius 2 is 1.96 bits per heavy atom. The van der Waals surface area contributed by atoms with Crippen molar-refractivity contribution < 1.29 is 27.5 Å². The van der Waals surface area contributed by atoms with Gasteiger partial charge in [-0.15, -0.1) is 0 Å². The van der Waals surface area contributed by atoms with Gasteiger partial charge < -0.3 is 15.0 Å². The van der Waals surface area contributed by atoms with Crippen LogP contribution in [0.25, 0.3) is 0 Å². The zero-order valence-electron chi connectivity index (χ0n) is 12.6. The zero-order chi connectivity index (χ0) is 17.7. The number of nitrogens with zero attached hydrogens (tertiary/aromatic N) is 1. The number of hydrogen-bond acceptors (Lipinski definition) is 3. The third-order valence-corrected chi connectivity index (χ3v) is 4.25. The van der Waals surface area contributed by atoms with E-state index in [1.54, 1.807) is 6.07 Å². The molecule has 5 nitrogen and oxygen atoms in total. The van der Waals surface area contributed by atoms with E-state index in [1.807, 2.05) is 18.2 Å². The first-order valence-electron chi connectivity index (χ1n) is 7.29. The molecular formula is C15H16F3IN2O3. The molecule has 1 aliphatic rings. The van der Waals surface area contributed by atoms with E-state index in [1.165, 1.54) is 4.90 Å². The van der Waals surface area contributed by atoms with Crippen LogP contribution >= 0.6 is 22.6 Å². The number of alkyl halides is 3. The highest BCUT2D eigenvalue weighted by Crippen LogP contribution is 2.22. The minimum atomic E-state index is -4.54. The van der Waals surface area contributed by atoms with Gasteiger partial charge in [0.05, 0.1) is 0 Å². The highest BCUT2D eigenvalue weighted by atomic mass is 127. The van der Waals surface area contributed by atoms with E-state index in [9.17, 15) is 22.8 Å². The largest absolute Gasteiger partial charge is 0.440 e. The average Bonchev–Trinajstić information content (AvgIpc) is 2.52. The predicted molar refractivity (Wildman–Crippen MR) is 89.5 cm³/mol. The van der Waals surface area contributed by atoms with Crippen molar-refractivity contribution in [3.8, 4) is 0 Å². The Morgan fingerprint density at radius 3 is 2.54 bits per heavy atom. The Morgan fingerprint density at radius 1 is 1.29 bits per heavy atom. The maximum atomic E-state index is 12.2. The first-order valence-corrected chi connectivity index (χ1v) is 8.37. The molecule has 1 aromatic rings. The number of ether oxygens (including phenoxy) is 1. The Balaban J connectivity index is 1.79. The molecule has 24 heavy (non-hydrogen) atoms. The Labute approximate surface area is 150 Å². The quantitative estimate of drug-likeness (QED) is 0.707. The standard InChI is InChI=1S/C15H16F3IN2O3/c16-15(17,18)9-24-14(23)21-6-4-10(5-7-21)13(22)20-12-3-1-2-11(19)8-12/h1-3,8,10H,4-7,9H2,(H,20,22). The fourth-order valence-electron chi connectivity index (χ4n) is 2.37. The predicted octanol–water partition coefficient (Wildman–Crippen LogP) is 3.64. The molecule has 0 unspecified atom stereocenters. The van der Waals surface area contributed by atoms with E-state index >= 15 is 0 Å². The molecule has 0 bridgehead atoms. The number of hydrogen-bond donors (Lipinski definition) is 1. The van der Waals surface area contributed by atoms with Gasteiger partial charge in [-0.05, 0) is 53.6 Å². The summed E-state index contributed by atoms with van der Waals surface area (Å²) in [5.41, 5.74) is 0.693. The summed E-state index contributed by atoms with van der Waals surface area (Å²) < 4.78 is 41.3. The van der Waals surface area contributed by atoms with Gasteiger partial charge >= 0.3 is 12.3 Å². The van der Waals surface area contributed by atoms with Crippen LogP contribution in [-0.4, -0.2) is 42.8 Å². The third kappa shape index (κ3) is 5.84. The first-order chi connectivity index (χ1) is 11.2. The van der Waals surface area contributed by atoms with E-state index in [0.29, 0.717) is 18.5 Å². The number of carbonyl (C=O) groups excluding carboxylic acids is 2. The van der Waals surface area contributed by atoms with Gasteiger partial charge in [-0.25, -0.2) is 4.79 Å². The Kier molecular flexibility index (Phi) is 6.30. The van der Waals surface area contributed by atoms with E-state index in [-0.39, 0.29) is 24.9 Å². The van der Waals surface area contributed by atoms with Crippen molar-refractivity contribution in [1.82, 2.24) is 4.90 Å². The van der Waals surface area contributed by atoms with Crippen molar-refractivity contribution in [2.24, 2.45) is 5.92 Å². The van der Waals surface area contributed by atoms with E-state index in [0.717, 1.165) is 3.57 Å². The smallest absolute Gasteiger partial charge is 0.422 e. The van der Waals surface area contributed by atoms with E-state index < -0.39 is 18.9 Å². The lowest BCUT2D eigenvalue weighted by Gasteiger charge is -2.30. The Bertz CT molecular complexity index is 602. The molecule has 1 heterocycles. The second-order valence-electron chi connectivity index (χ2n) is 5.43. The van der Waals surface area contributed by atoms with Crippen LogP contribution in [0.1, 0.15) is 12.8 Å². The minimum Gasteiger partial charge on any atom is -0.440 e. The number of amides is 2. The molecule has 1 N–H and O–H groups in total. The number of halogens is 4. The number of anilines is 1. The van der Waals surface area contributed by atoms with Gasteiger partial charge in [0.25, 0.3) is 0 Å². The monoisotopic (exact) mass is 456 g/mol. The van der Waals surface area contributed by atoms with Crippen LogP contribution in [-0.2, 0) is 9.53 Å². The van der Waals surface area contributed by atoms with Gasteiger partial charge in [0.15, 0.2) is 6.61 Å². The van der Waals surface area contributed by atoms with E-state index in [4.69, 9.17) is 0 Å². The van der Waals surface area contributed by atoms with Crippen LogP contribution in [0.3, 0.4) is 0 Å². The second kappa shape index (κ2) is 8.04. The number of rotatable bonds is 3. The molecule has 0 spiro atoms. The summed E-state index contributed by atoms with van der Waals surface area (Å²) >= 11 is 2.14. The summed E-state index contributed by atoms with van der Waals surface area (Å²) in [6.07, 6.45) is -4.77. The van der Waals surface area contributed by atoms with Gasteiger partial charge in [-0.3, -0.25) is 4.79 Å². The van der Waals surface area contributed by atoms with Gasteiger partial charge in [-0.2, -0.15) is 13.2 Å². The molecule has 0 saturated carbocycles. The topological polar surface area (TPSA) is 58.6 Å². The zero-order valence-corrected chi connectivity index (χ0v) is 14.8. The van der Waals surface area contributed by atoms with Crippen LogP contribution in [0.2, 0.25) is 0 Å². The van der Waals surface area contributed by atoms with Gasteiger partial charge in [-0.1, -0.05) is 6.07 Å². The molecule has 1 aromatic carbocycles. The molecule has 1 fully saturated rings. The highest BCUT2D eigenvalue weighted by molar-refractivity contribution is 14.1. The molecule has 0 aliphatic carbocycles. The third-order valence-electron chi connectivity index (χ3n) is 3.58. The summed E-state index contributed by atoms with van der Waals surface area (Å²) in [4.78, 5) is 25.0. The van der Waals surface area contributed by atoms with Crippen molar-refractivity contribution in [1.29, 1.82) is 0 Å². The molecule has 9 heteroatoms. The number of benzene rings is 1. The van der Waals surface area contributed by atoms with Crippen molar-refractivity contribution in [3.05, 3.63) is 27.8 Å². The van der Waals surface area contributed by atoms with Crippen LogP contribution in [0.15, 0.2) is 24.3 Å². The molecule has 1 aliphatic heterocycles. The van der Waals surface area contributed by atoms with Crippen molar-refractivity contribution in [2.45, 2.75) is 19.0 Å². The summed E-state index contributed by atoms with van der Waals surface area (Å²) in [5, 5.41) is 2.81. The van der Waals surface area contributed by atoms with Gasteiger partial charge in [0, 0.05) is 28.3 Å². The van der Waals surface area contributed by atoms with Crippen molar-refractivity contribution >= 4 is 40.3 Å². The van der Waals surface area contributed by atoms with Gasteiger partial charge in [0.1, 0.15) is 0 Å². The van der Waals surface area contributed by atoms with Crippen LogP contribution in [0.4, 0.5) is 23.7 Å². The van der Waals surface area contributed by atoms with Crippen molar-refractivity contribution in [2.75, 3.05) is 25.0 Å². The van der Waals surface area contributed by atoms with Crippen LogP contribution < -0.4 is 5.32 Å². The lowest BCUT2D eigenvalue weighted by atomic mass is 9.96. The maximum absolute atomic E-state index is 12.2. The Hall–Kier alpha value is -1.52. The fourth-order valence-corrected chi connectivity index (χ4v) is 2.91. The average molecular weight is 456 g/mol. The molecule has 2 rings (SSSR count). The first kappa shape index (κ1) is 18.8. The molecule has 2 amide bonds. The lowest BCUT2D eigenvalue weighted by Crippen LogP contribution is -2.42. The summed E-state index contributed by atoms with van der Waals surface area (Å²) in [5.74, 6) is -0.435. The molecule has 0 radical (unpaired) electrons. The minimum absolute atomic E-state index is 0.152. The lowest BCUT2D eigenvalue weighted by molar-refractivity contribution is -0.162. The number of likely N-dealkylation sites (tertiary alicyclic amines) is 1. The maximum Gasteiger partial charge on any atom is 0.422 e. The van der Waals surface area contributed by atoms with Gasteiger partial charge in [0.2, 0.25) is 5.91 Å². The molecule has 0 aromatic heterocycles. The van der Waals surface area contributed by atoms with Crippen molar-refractivity contribution in [3.63, 3.8) is 0 Å². The summed E-state index contributed by atoms with van der Waals surface area (Å²) in [6.45, 7) is -1.21. The molecule has 1 saturated heterocycles. The van der Waals surface area contributed by atoms with Crippen LogP contribution in [0, 0.1) is 9.49 Å². The number of piperidine rings is 1. The highest BCUT2D eigenvalue weighted by Gasteiger charge is 2.32. The molecular weight excluding hydrogens is 440 g/mol. The summed E-state index contributed by atoms with van der Waals surface area (Å²) in [6, 6.07) is 7.35. The summed E-state index contributed by atoms with van der Waals surface area (Å²) in [7, 11) is 0. The fraction of sp³-hybridized carbons (Fsp3) is 0.467. The second-order valence-corrected chi connectivity index (χ2v) is 6.68. The SMILES string of the molecule is O=C(Nc1cccc(I)c1)C1CCN(C(=O)OCC(F)(F)F)CC1. The number of nitrogens with one attached hydrogen (secondary N) is 1. The molecule has 132 valence electrons. The molecule has 0 atom stereocenters. The van der Waals surface area contributed by atoms with Crippen LogP contribution in [0.5, 0.6) is 0 Å².